The average Bonchev–Trinajstić information content (AvgIpc) is 3.42. The van der Waals surface area contributed by atoms with Crippen LogP contribution in [0.3, 0.4) is 0 Å². The van der Waals surface area contributed by atoms with Crippen molar-refractivity contribution in [2.75, 3.05) is 20.3 Å². The van der Waals surface area contributed by atoms with Crippen molar-refractivity contribution in [3.8, 4) is 17.1 Å². The molecule has 4 rings (SSSR count). The summed E-state index contributed by atoms with van der Waals surface area (Å²) in [6.45, 7) is 0.594. The topological polar surface area (TPSA) is 114 Å². The van der Waals surface area contributed by atoms with Crippen LogP contribution in [0.4, 0.5) is 5.69 Å². The van der Waals surface area contributed by atoms with Gasteiger partial charge < -0.3 is 24.5 Å². The van der Waals surface area contributed by atoms with Crippen LogP contribution < -0.4 is 10.1 Å². The van der Waals surface area contributed by atoms with Crippen molar-refractivity contribution in [3.63, 3.8) is 0 Å². The second-order valence-corrected chi connectivity index (χ2v) is 7.63. The summed E-state index contributed by atoms with van der Waals surface area (Å²) >= 11 is 5.57. The number of rotatable bonds is 8. The second kappa shape index (κ2) is 9.33. The van der Waals surface area contributed by atoms with E-state index in [-0.39, 0.29) is 24.4 Å². The minimum Gasteiger partial charge on any atom is -0.496 e. The molecule has 10 heteroatoms. The fraction of sp³-hybridized carbons (Fsp3) is 0.273. The highest BCUT2D eigenvalue weighted by atomic mass is 32.1. The molecule has 3 heterocycles. The molecule has 2 atom stereocenters. The van der Waals surface area contributed by atoms with Crippen LogP contribution in [0.1, 0.15) is 30.0 Å². The van der Waals surface area contributed by atoms with E-state index in [1.165, 1.54) is 19.2 Å². The van der Waals surface area contributed by atoms with Gasteiger partial charge in [-0.25, -0.2) is 0 Å². The number of aromatic nitrogens is 1. The zero-order valence-electron chi connectivity index (χ0n) is 17.3. The number of nitro benzene ring substituents is 1. The molecule has 2 aromatic heterocycles. The average molecular weight is 455 g/mol. The number of nitrogens with one attached hydrogen (secondary N) is 1. The van der Waals surface area contributed by atoms with Gasteiger partial charge in [0.1, 0.15) is 23.3 Å². The summed E-state index contributed by atoms with van der Waals surface area (Å²) in [5, 5.41) is 24.3. The summed E-state index contributed by atoms with van der Waals surface area (Å²) in [4.78, 5) is 17.1. The summed E-state index contributed by atoms with van der Waals surface area (Å²) in [5.74, 6) is 1.52. The fourth-order valence-electron chi connectivity index (χ4n) is 3.85. The lowest BCUT2D eigenvalue weighted by atomic mass is 10.0. The van der Waals surface area contributed by atoms with E-state index in [0.29, 0.717) is 40.9 Å². The van der Waals surface area contributed by atoms with E-state index in [1.54, 1.807) is 18.3 Å². The number of non-ortho nitro benzene ring substituents is 1. The first-order chi connectivity index (χ1) is 15.5. The van der Waals surface area contributed by atoms with E-state index in [0.717, 1.165) is 5.69 Å². The maximum Gasteiger partial charge on any atom is 0.273 e. The van der Waals surface area contributed by atoms with Gasteiger partial charge in [-0.15, -0.1) is 0 Å². The van der Waals surface area contributed by atoms with Gasteiger partial charge in [-0.05, 0) is 49.0 Å². The summed E-state index contributed by atoms with van der Waals surface area (Å²) in [6, 6.07) is 13.2. The van der Waals surface area contributed by atoms with Gasteiger partial charge in [-0.1, -0.05) is 6.07 Å². The number of benzene rings is 1. The Bertz CT molecular complexity index is 1120. The molecule has 0 unspecified atom stereocenters. The molecule has 0 saturated carbocycles. The molecule has 3 aromatic rings. The van der Waals surface area contributed by atoms with Crippen LogP contribution in [0.5, 0.6) is 5.75 Å². The molecule has 32 heavy (non-hydrogen) atoms. The minimum atomic E-state index is -0.471. The van der Waals surface area contributed by atoms with Gasteiger partial charge in [0.05, 0.1) is 35.4 Å². The van der Waals surface area contributed by atoms with E-state index in [1.807, 2.05) is 29.2 Å². The molecule has 1 fully saturated rings. The Morgan fingerprint density at radius 2 is 2.16 bits per heavy atom. The summed E-state index contributed by atoms with van der Waals surface area (Å²) in [7, 11) is 1.46. The molecule has 166 valence electrons. The third kappa shape index (κ3) is 4.14. The number of thiocarbonyl (C=S) groups is 1. The first-order valence-electron chi connectivity index (χ1n) is 10.0. The van der Waals surface area contributed by atoms with Gasteiger partial charge in [0, 0.05) is 25.4 Å². The van der Waals surface area contributed by atoms with Crippen LogP contribution in [-0.4, -0.2) is 45.3 Å². The number of nitro groups is 1. The summed E-state index contributed by atoms with van der Waals surface area (Å²) in [5.41, 5.74) is 1.36. The van der Waals surface area contributed by atoms with Gasteiger partial charge in [0.25, 0.3) is 5.69 Å². The highest BCUT2D eigenvalue weighted by molar-refractivity contribution is 7.80. The first-order valence-corrected chi connectivity index (χ1v) is 10.5. The molecule has 2 N–H and O–H groups in total. The normalized spacial score (nSPS) is 17.9. The van der Waals surface area contributed by atoms with Crippen LogP contribution in [0.15, 0.2) is 59.1 Å². The predicted molar refractivity (Wildman–Crippen MR) is 121 cm³/mol. The van der Waals surface area contributed by atoms with Crippen LogP contribution in [-0.2, 0) is 0 Å². The van der Waals surface area contributed by atoms with Gasteiger partial charge >= 0.3 is 0 Å². The van der Waals surface area contributed by atoms with E-state index in [4.69, 9.17) is 21.4 Å². The number of hydrogen-bond acceptors (Lipinski definition) is 7. The van der Waals surface area contributed by atoms with E-state index < -0.39 is 4.92 Å². The Hall–Kier alpha value is -3.50. The largest absolute Gasteiger partial charge is 0.496 e. The molecule has 9 nitrogen and oxygen atoms in total. The van der Waals surface area contributed by atoms with E-state index >= 15 is 0 Å². The quantitative estimate of drug-likeness (QED) is 0.299. The van der Waals surface area contributed by atoms with Crippen molar-refractivity contribution in [2.24, 2.45) is 0 Å². The van der Waals surface area contributed by atoms with Gasteiger partial charge in [-0.3, -0.25) is 15.1 Å². The lowest BCUT2D eigenvalue weighted by molar-refractivity contribution is -0.384. The number of hydrogen-bond donors (Lipinski definition) is 2. The van der Waals surface area contributed by atoms with Crippen molar-refractivity contribution in [2.45, 2.75) is 18.5 Å². The maximum atomic E-state index is 11.1. The lowest BCUT2D eigenvalue weighted by Gasteiger charge is -2.25. The minimum absolute atomic E-state index is 0.0451. The van der Waals surface area contributed by atoms with E-state index in [9.17, 15) is 15.2 Å². The predicted octanol–water partition coefficient (Wildman–Crippen LogP) is 3.61. The second-order valence-electron chi connectivity index (χ2n) is 7.24. The number of ether oxygens (including phenoxy) is 1. The van der Waals surface area contributed by atoms with Crippen LogP contribution in [0.25, 0.3) is 11.3 Å². The number of aliphatic hydroxyl groups excluding tert-OH is 1. The zero-order valence-corrected chi connectivity index (χ0v) is 18.1. The molecule has 0 aliphatic carbocycles. The molecular formula is C22H22N4O5S. The molecule has 0 bridgehead atoms. The van der Waals surface area contributed by atoms with Crippen molar-refractivity contribution in [3.05, 3.63) is 76.3 Å². The Kier molecular flexibility index (Phi) is 6.33. The number of aliphatic hydroxyl groups is 1. The molecule has 1 aliphatic rings. The number of methoxy groups -OCH3 is 1. The van der Waals surface area contributed by atoms with Crippen molar-refractivity contribution < 1.29 is 19.2 Å². The van der Waals surface area contributed by atoms with Crippen molar-refractivity contribution in [1.29, 1.82) is 0 Å². The SMILES string of the molecule is COc1cc([N+](=O)[O-])ccc1-c1ccc([C@@H]2[C@H](c3ccccn3)NC(=S)N2CCCO)o1. The van der Waals surface area contributed by atoms with Gasteiger partial charge in [0.15, 0.2) is 5.11 Å². The van der Waals surface area contributed by atoms with Crippen LogP contribution in [0, 0.1) is 10.1 Å². The highest BCUT2D eigenvalue weighted by Crippen LogP contribution is 2.42. The smallest absolute Gasteiger partial charge is 0.273 e. The van der Waals surface area contributed by atoms with Crippen LogP contribution in [0.2, 0.25) is 0 Å². The zero-order chi connectivity index (χ0) is 22.7. The molecule has 0 radical (unpaired) electrons. The Labute approximate surface area is 189 Å². The molecule has 1 aromatic carbocycles. The first kappa shape index (κ1) is 21.7. The Balaban J connectivity index is 1.72. The Morgan fingerprint density at radius 3 is 2.84 bits per heavy atom. The Morgan fingerprint density at radius 1 is 1.31 bits per heavy atom. The maximum absolute atomic E-state index is 11.1. The number of pyridine rings is 1. The monoisotopic (exact) mass is 454 g/mol. The van der Waals surface area contributed by atoms with Crippen LogP contribution >= 0.6 is 12.2 Å². The molecule has 0 spiro atoms. The van der Waals surface area contributed by atoms with Crippen molar-refractivity contribution in [1.82, 2.24) is 15.2 Å². The standard InChI is InChI=1S/C22H22N4O5S/c1-30-19-13-14(26(28)29)6-7-15(19)17-8-9-18(31-17)21-20(16-5-2-3-10-23-16)24-22(32)25(21)11-4-12-27/h2-3,5-10,13,20-21,27H,4,11-12H2,1H3,(H,24,32)/t20-,21+/m0/s1. The molecule has 1 aliphatic heterocycles. The summed E-state index contributed by atoms with van der Waals surface area (Å²) in [6.07, 6.45) is 2.28. The third-order valence-corrected chi connectivity index (χ3v) is 5.69. The highest BCUT2D eigenvalue weighted by Gasteiger charge is 2.41. The van der Waals surface area contributed by atoms with Gasteiger partial charge in [-0.2, -0.15) is 0 Å². The molecule has 1 saturated heterocycles. The van der Waals surface area contributed by atoms with Crippen molar-refractivity contribution >= 4 is 23.0 Å². The van der Waals surface area contributed by atoms with E-state index in [2.05, 4.69) is 10.3 Å². The third-order valence-electron chi connectivity index (χ3n) is 5.33. The summed E-state index contributed by atoms with van der Waals surface area (Å²) < 4.78 is 11.6. The molecular weight excluding hydrogens is 432 g/mol. The van der Waals surface area contributed by atoms with Gasteiger partial charge in [0.2, 0.25) is 0 Å². The number of nitrogens with zero attached hydrogens (tertiary/aromatic N) is 3. The molecule has 0 amide bonds. The fourth-order valence-corrected chi connectivity index (χ4v) is 4.18. The number of furan rings is 1. The lowest BCUT2D eigenvalue weighted by Crippen LogP contribution is -2.30.